The highest BCUT2D eigenvalue weighted by Crippen LogP contribution is 2.37. The molecule has 2 atom stereocenters. The molecule has 0 bridgehead atoms. The van der Waals surface area contributed by atoms with Crippen molar-refractivity contribution in [2.75, 3.05) is 20.2 Å². The minimum atomic E-state index is -0.0317. The maximum Gasteiger partial charge on any atom is 0.124 e. The zero-order valence-electron chi connectivity index (χ0n) is 11.4. The molecule has 1 aromatic carbocycles. The molecule has 1 heterocycles. The molecule has 4 nitrogen and oxygen atoms in total. The van der Waals surface area contributed by atoms with Crippen LogP contribution in [-0.2, 0) is 6.42 Å². The van der Waals surface area contributed by atoms with Crippen molar-refractivity contribution in [3.63, 3.8) is 0 Å². The highest BCUT2D eigenvalue weighted by Gasteiger charge is 2.24. The SMILES string of the molecule is C#CCNC(CN)c1cc2c(cc1OC)CC(C)O2. The molecule has 1 aliphatic rings. The Morgan fingerprint density at radius 2 is 2.42 bits per heavy atom. The predicted molar refractivity (Wildman–Crippen MR) is 75.4 cm³/mol. The molecule has 0 radical (unpaired) electrons. The molecular formula is C15H20N2O2. The van der Waals surface area contributed by atoms with Crippen LogP contribution in [0.15, 0.2) is 12.1 Å². The third-order valence-electron chi connectivity index (χ3n) is 3.31. The normalized spacial score (nSPS) is 18.3. The molecule has 19 heavy (non-hydrogen) atoms. The van der Waals surface area contributed by atoms with Gasteiger partial charge in [0.25, 0.3) is 0 Å². The lowest BCUT2D eigenvalue weighted by Gasteiger charge is -2.19. The number of terminal acetylenes is 1. The number of ether oxygens (including phenoxy) is 2. The second-order valence-corrected chi connectivity index (χ2v) is 4.71. The molecule has 2 rings (SSSR count). The minimum Gasteiger partial charge on any atom is -0.496 e. The van der Waals surface area contributed by atoms with Crippen molar-refractivity contribution in [2.24, 2.45) is 5.73 Å². The first-order valence-corrected chi connectivity index (χ1v) is 6.44. The summed E-state index contributed by atoms with van der Waals surface area (Å²) in [7, 11) is 1.67. The molecule has 3 N–H and O–H groups in total. The first kappa shape index (κ1) is 13.7. The van der Waals surface area contributed by atoms with Crippen LogP contribution in [0.5, 0.6) is 11.5 Å². The van der Waals surface area contributed by atoms with Crippen LogP contribution >= 0.6 is 0 Å². The number of benzene rings is 1. The van der Waals surface area contributed by atoms with E-state index in [0.717, 1.165) is 23.5 Å². The summed E-state index contributed by atoms with van der Waals surface area (Å²) in [4.78, 5) is 0. The average molecular weight is 260 g/mol. The van der Waals surface area contributed by atoms with Crippen LogP contribution in [0.4, 0.5) is 0 Å². The lowest BCUT2D eigenvalue weighted by atomic mass is 10.0. The van der Waals surface area contributed by atoms with Crippen LogP contribution in [-0.4, -0.2) is 26.3 Å². The lowest BCUT2D eigenvalue weighted by molar-refractivity contribution is 0.254. The van der Waals surface area contributed by atoms with E-state index >= 15 is 0 Å². The first-order valence-electron chi connectivity index (χ1n) is 6.44. The van der Waals surface area contributed by atoms with Gasteiger partial charge in [0.1, 0.15) is 17.6 Å². The van der Waals surface area contributed by atoms with Crippen molar-refractivity contribution in [3.8, 4) is 23.8 Å². The van der Waals surface area contributed by atoms with Crippen molar-refractivity contribution in [1.29, 1.82) is 0 Å². The summed E-state index contributed by atoms with van der Waals surface area (Å²) in [6, 6.07) is 4.02. The van der Waals surface area contributed by atoms with Gasteiger partial charge in [0.2, 0.25) is 0 Å². The molecule has 0 saturated carbocycles. The number of nitrogens with two attached hydrogens (primary N) is 1. The number of nitrogens with one attached hydrogen (secondary N) is 1. The molecule has 1 aromatic rings. The Morgan fingerprint density at radius 1 is 1.63 bits per heavy atom. The quantitative estimate of drug-likeness (QED) is 0.782. The first-order chi connectivity index (χ1) is 9.19. The van der Waals surface area contributed by atoms with E-state index in [9.17, 15) is 0 Å². The maximum absolute atomic E-state index is 5.81. The van der Waals surface area contributed by atoms with E-state index in [1.807, 2.05) is 12.1 Å². The van der Waals surface area contributed by atoms with E-state index in [-0.39, 0.29) is 12.1 Å². The van der Waals surface area contributed by atoms with Gasteiger partial charge in [-0.3, -0.25) is 5.32 Å². The van der Waals surface area contributed by atoms with Crippen LogP contribution in [0.25, 0.3) is 0 Å². The van der Waals surface area contributed by atoms with E-state index in [1.165, 1.54) is 5.56 Å². The van der Waals surface area contributed by atoms with Gasteiger partial charge in [-0.05, 0) is 19.1 Å². The van der Waals surface area contributed by atoms with E-state index in [2.05, 4.69) is 18.2 Å². The summed E-state index contributed by atoms with van der Waals surface area (Å²) >= 11 is 0. The molecule has 102 valence electrons. The lowest BCUT2D eigenvalue weighted by Crippen LogP contribution is -2.28. The second-order valence-electron chi connectivity index (χ2n) is 4.71. The van der Waals surface area contributed by atoms with Gasteiger partial charge in [0, 0.05) is 30.1 Å². The summed E-state index contributed by atoms with van der Waals surface area (Å²) in [5, 5.41) is 3.22. The summed E-state index contributed by atoms with van der Waals surface area (Å²) in [5.74, 6) is 4.31. The Morgan fingerprint density at radius 3 is 3.05 bits per heavy atom. The number of hydrogen-bond donors (Lipinski definition) is 2. The van der Waals surface area contributed by atoms with Gasteiger partial charge in [-0.2, -0.15) is 0 Å². The van der Waals surface area contributed by atoms with Crippen molar-refractivity contribution in [3.05, 3.63) is 23.3 Å². The van der Waals surface area contributed by atoms with Gasteiger partial charge in [-0.15, -0.1) is 6.42 Å². The maximum atomic E-state index is 5.81. The largest absolute Gasteiger partial charge is 0.496 e. The topological polar surface area (TPSA) is 56.5 Å². The van der Waals surface area contributed by atoms with E-state index in [4.69, 9.17) is 21.6 Å². The van der Waals surface area contributed by atoms with Gasteiger partial charge >= 0.3 is 0 Å². The van der Waals surface area contributed by atoms with Crippen LogP contribution in [0.1, 0.15) is 24.1 Å². The average Bonchev–Trinajstić information content (AvgIpc) is 2.77. The Kier molecular flexibility index (Phi) is 4.31. The Hall–Kier alpha value is -1.70. The van der Waals surface area contributed by atoms with Gasteiger partial charge < -0.3 is 15.2 Å². The second kappa shape index (κ2) is 5.96. The zero-order valence-corrected chi connectivity index (χ0v) is 11.4. The summed E-state index contributed by atoms with van der Waals surface area (Å²) in [6.07, 6.45) is 6.41. The van der Waals surface area contributed by atoms with Gasteiger partial charge in [0.15, 0.2) is 0 Å². The van der Waals surface area contributed by atoms with E-state index < -0.39 is 0 Å². The third kappa shape index (κ3) is 2.83. The standard InChI is InChI=1S/C15H20N2O2/c1-4-5-17-13(9-16)12-8-14-11(6-10(2)19-14)7-15(12)18-3/h1,7-8,10,13,17H,5-6,9,16H2,2-3H3. The van der Waals surface area contributed by atoms with Gasteiger partial charge in [0.05, 0.1) is 13.7 Å². The summed E-state index contributed by atoms with van der Waals surface area (Å²) in [6.45, 7) is 2.98. The zero-order chi connectivity index (χ0) is 13.8. The molecule has 0 fully saturated rings. The third-order valence-corrected chi connectivity index (χ3v) is 3.31. The highest BCUT2D eigenvalue weighted by atomic mass is 16.5. The van der Waals surface area contributed by atoms with Gasteiger partial charge in [-0.25, -0.2) is 0 Å². The van der Waals surface area contributed by atoms with Crippen LogP contribution in [0, 0.1) is 12.3 Å². The number of fused-ring (bicyclic) bond motifs is 1. The number of hydrogen-bond acceptors (Lipinski definition) is 4. The van der Waals surface area contributed by atoms with Crippen molar-refractivity contribution in [1.82, 2.24) is 5.32 Å². The fraction of sp³-hybridized carbons (Fsp3) is 0.467. The van der Waals surface area contributed by atoms with Crippen molar-refractivity contribution in [2.45, 2.75) is 25.5 Å². The molecule has 0 spiro atoms. The van der Waals surface area contributed by atoms with E-state index in [1.54, 1.807) is 7.11 Å². The Balaban J connectivity index is 2.33. The van der Waals surface area contributed by atoms with Crippen LogP contribution in [0.2, 0.25) is 0 Å². The molecule has 0 aliphatic carbocycles. The number of methoxy groups -OCH3 is 1. The smallest absolute Gasteiger partial charge is 0.124 e. The van der Waals surface area contributed by atoms with Crippen molar-refractivity contribution >= 4 is 0 Å². The Labute approximate surface area is 114 Å². The molecule has 4 heteroatoms. The Bertz CT molecular complexity index is 494. The fourth-order valence-electron chi connectivity index (χ4n) is 2.41. The highest BCUT2D eigenvalue weighted by molar-refractivity contribution is 5.50. The predicted octanol–water partition coefficient (Wildman–Crippen LogP) is 1.24. The molecule has 1 aliphatic heterocycles. The van der Waals surface area contributed by atoms with E-state index in [0.29, 0.717) is 13.1 Å². The number of rotatable bonds is 5. The molecular weight excluding hydrogens is 240 g/mol. The van der Waals surface area contributed by atoms with Gasteiger partial charge in [-0.1, -0.05) is 5.92 Å². The summed E-state index contributed by atoms with van der Waals surface area (Å²) in [5.41, 5.74) is 7.99. The van der Waals surface area contributed by atoms with Crippen LogP contribution in [0.3, 0.4) is 0 Å². The molecule has 0 aromatic heterocycles. The minimum absolute atomic E-state index is 0.0317. The fourth-order valence-corrected chi connectivity index (χ4v) is 2.41. The van der Waals surface area contributed by atoms with Crippen molar-refractivity contribution < 1.29 is 9.47 Å². The van der Waals surface area contributed by atoms with Crippen LogP contribution < -0.4 is 20.5 Å². The monoisotopic (exact) mass is 260 g/mol. The molecule has 0 amide bonds. The summed E-state index contributed by atoms with van der Waals surface area (Å²) < 4.78 is 11.2. The molecule has 2 unspecified atom stereocenters. The molecule has 0 saturated heterocycles.